The molecule has 0 bridgehead atoms. The van der Waals surface area contributed by atoms with Crippen molar-refractivity contribution in [2.75, 3.05) is 19.6 Å². The van der Waals surface area contributed by atoms with Crippen LogP contribution in [-0.4, -0.2) is 59.1 Å². The second kappa shape index (κ2) is 10.9. The van der Waals surface area contributed by atoms with Crippen LogP contribution in [0.2, 0.25) is 0 Å². The monoisotopic (exact) mass is 556 g/mol. The Morgan fingerprint density at radius 2 is 1.72 bits per heavy atom. The van der Waals surface area contributed by atoms with Crippen molar-refractivity contribution in [1.29, 1.82) is 0 Å². The number of piperidine rings is 1. The molecule has 11 heteroatoms. The van der Waals surface area contributed by atoms with Gasteiger partial charge in [-0.15, -0.1) is 0 Å². The zero-order chi connectivity index (χ0) is 28.5. The largest absolute Gasteiger partial charge is 0.444 e. The summed E-state index contributed by atoms with van der Waals surface area (Å²) in [6, 6.07) is 7.86. The average molecular weight is 557 g/mol. The van der Waals surface area contributed by atoms with Crippen LogP contribution in [-0.2, 0) is 21.8 Å². The molecular weight excluding hydrogens is 520 g/mol. The van der Waals surface area contributed by atoms with Crippen LogP contribution in [0.3, 0.4) is 0 Å². The molecule has 0 radical (unpaired) electrons. The number of rotatable bonds is 6. The highest BCUT2D eigenvalue weighted by Gasteiger charge is 2.27. The number of likely N-dealkylation sites (tertiary alicyclic amines) is 1. The standard InChI is InChI=1S/C28H36N4O6S/c1-19-6-8-21(9-7-19)39(36,37)32-17-13-22-23(18-30(5)26(34)24(22)32)25(33)29-14-10-20-11-15-31(16-12-20)27(35)38-28(2,3)4/h6-9,13,17-18,20H,10-12,14-16H2,1-5H3,(H,29,33). The number of fused-ring (bicyclic) bond motifs is 1. The van der Waals surface area contributed by atoms with E-state index in [4.69, 9.17) is 4.74 Å². The Bertz CT molecular complexity index is 1540. The number of carbonyl (C=O) groups is 2. The quantitative estimate of drug-likeness (QED) is 0.495. The molecule has 4 rings (SSSR count). The van der Waals surface area contributed by atoms with Crippen molar-refractivity contribution in [2.24, 2.45) is 13.0 Å². The molecule has 1 aliphatic rings. The van der Waals surface area contributed by atoms with E-state index in [0.29, 0.717) is 25.6 Å². The fourth-order valence-electron chi connectivity index (χ4n) is 4.75. The Labute approximate surface area is 228 Å². The Balaban J connectivity index is 1.45. The highest BCUT2D eigenvalue weighted by molar-refractivity contribution is 7.90. The topological polar surface area (TPSA) is 120 Å². The van der Waals surface area contributed by atoms with Crippen LogP contribution in [0.25, 0.3) is 10.9 Å². The molecule has 2 aromatic heterocycles. The minimum Gasteiger partial charge on any atom is -0.444 e. The lowest BCUT2D eigenvalue weighted by molar-refractivity contribution is 0.0181. The first kappa shape index (κ1) is 28.4. The van der Waals surface area contributed by atoms with E-state index in [1.165, 1.54) is 42.2 Å². The van der Waals surface area contributed by atoms with Gasteiger partial charge in [-0.05, 0) is 71.1 Å². The van der Waals surface area contributed by atoms with E-state index >= 15 is 0 Å². The molecule has 1 fully saturated rings. The maximum Gasteiger partial charge on any atom is 0.410 e. The molecule has 2 amide bonds. The van der Waals surface area contributed by atoms with E-state index in [1.54, 1.807) is 17.0 Å². The summed E-state index contributed by atoms with van der Waals surface area (Å²) in [6.07, 6.45) is 4.83. The van der Waals surface area contributed by atoms with Gasteiger partial charge in [-0.2, -0.15) is 0 Å². The molecule has 3 heterocycles. The molecule has 0 spiro atoms. The third-order valence-corrected chi connectivity index (χ3v) is 8.60. The highest BCUT2D eigenvalue weighted by Crippen LogP contribution is 2.24. The van der Waals surface area contributed by atoms with Gasteiger partial charge in [0.05, 0.1) is 10.5 Å². The summed E-state index contributed by atoms with van der Waals surface area (Å²) in [5.74, 6) is -0.0304. The predicted octanol–water partition coefficient (Wildman–Crippen LogP) is 3.65. The minimum absolute atomic E-state index is 0.0558. The van der Waals surface area contributed by atoms with Gasteiger partial charge >= 0.3 is 6.09 Å². The summed E-state index contributed by atoms with van der Waals surface area (Å²) in [7, 11) is -2.55. The molecule has 3 aromatic rings. The molecule has 1 aliphatic heterocycles. The number of benzene rings is 1. The van der Waals surface area contributed by atoms with Gasteiger partial charge in [-0.3, -0.25) is 9.59 Å². The average Bonchev–Trinajstić information content (AvgIpc) is 3.32. The Morgan fingerprint density at radius 1 is 1.08 bits per heavy atom. The van der Waals surface area contributed by atoms with Crippen molar-refractivity contribution in [3.8, 4) is 0 Å². The SMILES string of the molecule is Cc1ccc(S(=O)(=O)n2ccc3c(C(=O)NCCC4CCN(C(=O)OC(C)(C)C)CC4)cn(C)c(=O)c32)cc1. The van der Waals surface area contributed by atoms with Crippen LogP contribution in [0.15, 0.2) is 52.4 Å². The Morgan fingerprint density at radius 3 is 2.33 bits per heavy atom. The summed E-state index contributed by atoms with van der Waals surface area (Å²) < 4.78 is 34.3. The zero-order valence-electron chi connectivity index (χ0n) is 23.1. The maximum atomic E-state index is 13.3. The number of hydrogen-bond donors (Lipinski definition) is 1. The lowest BCUT2D eigenvalue weighted by Gasteiger charge is -2.33. The number of nitrogens with one attached hydrogen (secondary N) is 1. The summed E-state index contributed by atoms with van der Waals surface area (Å²) in [4.78, 5) is 40.2. The van der Waals surface area contributed by atoms with Crippen molar-refractivity contribution in [1.82, 2.24) is 18.8 Å². The lowest BCUT2D eigenvalue weighted by atomic mass is 9.94. The number of hydrogen-bond acceptors (Lipinski definition) is 6. The molecule has 10 nitrogen and oxygen atoms in total. The lowest BCUT2D eigenvalue weighted by Crippen LogP contribution is -2.42. The summed E-state index contributed by atoms with van der Waals surface area (Å²) in [6.45, 7) is 9.03. The number of ether oxygens (including phenoxy) is 1. The highest BCUT2D eigenvalue weighted by atomic mass is 32.2. The fraction of sp³-hybridized carbons (Fsp3) is 0.464. The van der Waals surface area contributed by atoms with Crippen LogP contribution in [0, 0.1) is 12.8 Å². The van der Waals surface area contributed by atoms with Crippen LogP contribution in [0.4, 0.5) is 4.79 Å². The molecule has 1 N–H and O–H groups in total. The molecule has 0 aliphatic carbocycles. The molecule has 0 saturated carbocycles. The van der Waals surface area contributed by atoms with E-state index in [-0.39, 0.29) is 33.4 Å². The van der Waals surface area contributed by atoms with E-state index < -0.39 is 21.2 Å². The first-order valence-corrected chi connectivity index (χ1v) is 14.5. The van der Waals surface area contributed by atoms with E-state index in [2.05, 4.69) is 5.32 Å². The predicted molar refractivity (Wildman–Crippen MR) is 148 cm³/mol. The van der Waals surface area contributed by atoms with E-state index in [9.17, 15) is 22.8 Å². The third kappa shape index (κ3) is 6.19. The van der Waals surface area contributed by atoms with Crippen molar-refractivity contribution in [3.05, 3.63) is 64.2 Å². The van der Waals surface area contributed by atoms with Gasteiger partial charge < -0.3 is 19.5 Å². The Kier molecular flexibility index (Phi) is 7.92. The number of pyridine rings is 1. The summed E-state index contributed by atoms with van der Waals surface area (Å²) in [5.41, 5.74) is 0.0230. The van der Waals surface area contributed by atoms with Gasteiger partial charge in [0.1, 0.15) is 11.1 Å². The first-order chi connectivity index (χ1) is 18.3. The normalized spacial score (nSPS) is 14.9. The molecular formula is C28H36N4O6S. The zero-order valence-corrected chi connectivity index (χ0v) is 23.9. The van der Waals surface area contributed by atoms with Gasteiger partial charge in [-0.1, -0.05) is 17.7 Å². The van der Waals surface area contributed by atoms with Gasteiger partial charge in [0.2, 0.25) is 0 Å². The van der Waals surface area contributed by atoms with Crippen molar-refractivity contribution in [3.63, 3.8) is 0 Å². The van der Waals surface area contributed by atoms with Crippen LogP contribution in [0.5, 0.6) is 0 Å². The minimum atomic E-state index is -4.04. The van der Waals surface area contributed by atoms with Gasteiger partial charge in [0, 0.05) is 44.5 Å². The van der Waals surface area contributed by atoms with Gasteiger partial charge in [0.25, 0.3) is 21.5 Å². The number of carbonyl (C=O) groups excluding carboxylic acids is 2. The van der Waals surface area contributed by atoms with Gasteiger partial charge in [0.15, 0.2) is 0 Å². The smallest absolute Gasteiger partial charge is 0.410 e. The molecule has 1 saturated heterocycles. The van der Waals surface area contributed by atoms with E-state index in [1.807, 2.05) is 27.7 Å². The number of nitrogens with zero attached hydrogens (tertiary/aromatic N) is 3. The first-order valence-electron chi connectivity index (χ1n) is 13.1. The van der Waals surface area contributed by atoms with Crippen LogP contribution in [0.1, 0.15) is 56.0 Å². The Hall–Kier alpha value is -3.60. The van der Waals surface area contributed by atoms with Crippen LogP contribution >= 0.6 is 0 Å². The molecule has 1 aromatic carbocycles. The molecule has 0 unspecified atom stereocenters. The summed E-state index contributed by atoms with van der Waals surface area (Å²) >= 11 is 0. The molecule has 39 heavy (non-hydrogen) atoms. The summed E-state index contributed by atoms with van der Waals surface area (Å²) in [5, 5.41) is 3.19. The van der Waals surface area contributed by atoms with Crippen LogP contribution < -0.4 is 10.9 Å². The number of amides is 2. The van der Waals surface area contributed by atoms with E-state index in [0.717, 1.165) is 28.8 Å². The second-order valence-electron chi connectivity index (χ2n) is 11.1. The van der Waals surface area contributed by atoms with Crippen molar-refractivity contribution in [2.45, 2.75) is 57.5 Å². The number of aryl methyl sites for hydroxylation is 2. The van der Waals surface area contributed by atoms with Gasteiger partial charge in [-0.25, -0.2) is 17.2 Å². The molecule has 0 atom stereocenters. The molecule has 210 valence electrons. The third-order valence-electron chi connectivity index (χ3n) is 6.91. The second-order valence-corrected chi connectivity index (χ2v) is 12.9. The van der Waals surface area contributed by atoms with Crippen molar-refractivity contribution >= 4 is 32.9 Å². The fourth-order valence-corrected chi connectivity index (χ4v) is 6.10. The number of aromatic nitrogens is 2. The van der Waals surface area contributed by atoms with Crippen molar-refractivity contribution < 1.29 is 22.7 Å². The maximum absolute atomic E-state index is 13.3.